The molecule has 37 heavy (non-hydrogen) atoms. The smallest absolute Gasteiger partial charge is 0.336 e. The van der Waals surface area contributed by atoms with Crippen molar-refractivity contribution in [3.8, 4) is 5.75 Å². The van der Waals surface area contributed by atoms with Gasteiger partial charge in [0.1, 0.15) is 5.75 Å². The molecule has 3 rings (SSSR count). The highest BCUT2D eigenvalue weighted by Crippen LogP contribution is 2.46. The van der Waals surface area contributed by atoms with Crippen LogP contribution >= 0.6 is 23.2 Å². The number of esters is 1. The van der Waals surface area contributed by atoms with E-state index in [1.54, 1.807) is 51.1 Å². The number of ether oxygens (including phenoxy) is 3. The zero-order chi connectivity index (χ0) is 27.5. The van der Waals surface area contributed by atoms with E-state index in [1.165, 1.54) is 19.2 Å². The summed E-state index contributed by atoms with van der Waals surface area (Å²) in [5, 5.41) is 3.42. The van der Waals surface area contributed by atoms with Gasteiger partial charge < -0.3 is 19.5 Å². The van der Waals surface area contributed by atoms with Crippen LogP contribution in [0.25, 0.3) is 0 Å². The van der Waals surface area contributed by atoms with E-state index in [0.717, 1.165) is 6.42 Å². The summed E-state index contributed by atoms with van der Waals surface area (Å²) in [5.41, 5.74) is 1.33. The van der Waals surface area contributed by atoms with E-state index in [0.29, 0.717) is 22.7 Å². The zero-order valence-corrected chi connectivity index (χ0v) is 23.9. The SMILES string of the molecule is CCC(C)OC(C)Oc1ccc(S(=O)(=O)C2=C(C)NC(C)=C(C(=O)OC)C2c2cccc(Cl)c2Cl)cc1. The maximum absolute atomic E-state index is 14.0. The molecule has 7 nitrogen and oxygen atoms in total. The van der Waals surface area contributed by atoms with E-state index < -0.39 is 28.0 Å². The molecule has 0 fully saturated rings. The van der Waals surface area contributed by atoms with Crippen molar-refractivity contribution in [1.29, 1.82) is 0 Å². The second-order valence-electron chi connectivity index (χ2n) is 8.74. The average molecular weight is 569 g/mol. The first kappa shape index (κ1) is 29.0. The third-order valence-corrected chi connectivity index (χ3v) is 8.97. The molecule has 0 saturated heterocycles. The van der Waals surface area contributed by atoms with Crippen LogP contribution in [0.1, 0.15) is 52.5 Å². The lowest BCUT2D eigenvalue weighted by Crippen LogP contribution is -2.31. The molecule has 0 saturated carbocycles. The summed E-state index contributed by atoms with van der Waals surface area (Å²) in [6.45, 7) is 9.06. The number of sulfone groups is 1. The van der Waals surface area contributed by atoms with E-state index in [4.69, 9.17) is 37.4 Å². The summed E-state index contributed by atoms with van der Waals surface area (Å²) in [6, 6.07) is 11.0. The number of carbonyl (C=O) groups excluding carboxylic acids is 1. The van der Waals surface area contributed by atoms with Gasteiger partial charge in [0, 0.05) is 11.4 Å². The molecule has 1 aliphatic rings. The maximum Gasteiger partial charge on any atom is 0.336 e. The summed E-state index contributed by atoms with van der Waals surface area (Å²) in [7, 11) is -2.88. The van der Waals surface area contributed by atoms with Gasteiger partial charge in [-0.05, 0) is 70.0 Å². The highest BCUT2D eigenvalue weighted by Gasteiger charge is 2.41. The summed E-state index contributed by atoms with van der Waals surface area (Å²) >= 11 is 12.8. The fourth-order valence-electron chi connectivity index (χ4n) is 4.22. The molecule has 0 aromatic heterocycles. The van der Waals surface area contributed by atoms with Crippen LogP contribution in [-0.4, -0.2) is 33.9 Å². The second-order valence-corrected chi connectivity index (χ2v) is 11.4. The monoisotopic (exact) mass is 567 g/mol. The summed E-state index contributed by atoms with van der Waals surface area (Å²) in [4.78, 5) is 12.9. The van der Waals surface area contributed by atoms with Crippen molar-refractivity contribution in [2.24, 2.45) is 0 Å². The van der Waals surface area contributed by atoms with Crippen LogP contribution in [0, 0.1) is 0 Å². The Labute approximate surface area is 228 Å². The molecule has 0 radical (unpaired) electrons. The van der Waals surface area contributed by atoms with Gasteiger partial charge in [-0.15, -0.1) is 0 Å². The van der Waals surface area contributed by atoms with E-state index in [1.807, 2.05) is 13.8 Å². The number of allylic oxidation sites excluding steroid dienone is 3. The Morgan fingerprint density at radius 2 is 1.70 bits per heavy atom. The number of halogens is 2. The number of hydrogen-bond acceptors (Lipinski definition) is 7. The third kappa shape index (κ3) is 6.14. The Morgan fingerprint density at radius 1 is 1.05 bits per heavy atom. The Morgan fingerprint density at radius 3 is 2.30 bits per heavy atom. The largest absolute Gasteiger partial charge is 0.466 e. The van der Waals surface area contributed by atoms with Crippen LogP contribution in [0.15, 0.2) is 69.2 Å². The lowest BCUT2D eigenvalue weighted by atomic mass is 9.86. The quantitative estimate of drug-likeness (QED) is 0.278. The van der Waals surface area contributed by atoms with Crippen molar-refractivity contribution in [2.75, 3.05) is 7.11 Å². The number of nitrogens with one attached hydrogen (secondary N) is 1. The number of rotatable bonds is 9. The van der Waals surface area contributed by atoms with Gasteiger partial charge in [-0.1, -0.05) is 42.3 Å². The molecule has 1 N–H and O–H groups in total. The van der Waals surface area contributed by atoms with Crippen LogP contribution < -0.4 is 10.1 Å². The minimum absolute atomic E-state index is 0.0233. The Hall–Kier alpha value is -2.52. The lowest BCUT2D eigenvalue weighted by molar-refractivity contribution is -0.136. The highest BCUT2D eigenvalue weighted by molar-refractivity contribution is 7.95. The molecule has 1 aliphatic heterocycles. The minimum atomic E-state index is -4.12. The fourth-order valence-corrected chi connectivity index (χ4v) is 6.39. The molecule has 3 atom stereocenters. The predicted octanol–water partition coefficient (Wildman–Crippen LogP) is 6.37. The first-order valence-corrected chi connectivity index (χ1v) is 14.0. The van der Waals surface area contributed by atoms with Crippen molar-refractivity contribution in [3.05, 3.63) is 79.9 Å². The second kappa shape index (κ2) is 11.9. The van der Waals surface area contributed by atoms with Gasteiger partial charge in [-0.3, -0.25) is 0 Å². The fraction of sp³-hybridized carbons (Fsp3) is 0.370. The van der Waals surface area contributed by atoms with Crippen molar-refractivity contribution < 1.29 is 27.4 Å². The molecule has 2 aromatic rings. The van der Waals surface area contributed by atoms with E-state index in [-0.39, 0.29) is 31.5 Å². The van der Waals surface area contributed by atoms with Crippen LogP contribution in [0.2, 0.25) is 10.0 Å². The van der Waals surface area contributed by atoms with Gasteiger partial charge in [-0.2, -0.15) is 0 Å². The van der Waals surface area contributed by atoms with Crippen LogP contribution in [0.3, 0.4) is 0 Å². The zero-order valence-electron chi connectivity index (χ0n) is 21.6. The van der Waals surface area contributed by atoms with Crippen molar-refractivity contribution in [3.63, 3.8) is 0 Å². The Kier molecular flexibility index (Phi) is 9.34. The molecule has 0 spiro atoms. The van der Waals surface area contributed by atoms with Gasteiger partial charge in [0.25, 0.3) is 0 Å². The molecular weight excluding hydrogens is 537 g/mol. The lowest BCUT2D eigenvalue weighted by Gasteiger charge is -2.31. The average Bonchev–Trinajstić information content (AvgIpc) is 2.84. The standard InChI is InChI=1S/C27H31Cl2NO6S/c1-7-15(2)35-18(5)36-19-11-13-20(14-12-19)37(32,33)26-17(4)30-16(3)23(27(31)34-6)24(26)21-9-8-10-22(28)25(21)29/h8-15,18,24,30H,7H2,1-6H3. The van der Waals surface area contributed by atoms with Gasteiger partial charge in [0.05, 0.1) is 44.6 Å². The van der Waals surface area contributed by atoms with Crippen LogP contribution in [0.4, 0.5) is 0 Å². The Balaban J connectivity index is 2.08. The van der Waals surface area contributed by atoms with E-state index >= 15 is 0 Å². The number of benzene rings is 2. The number of methoxy groups -OCH3 is 1. The number of hydrogen-bond donors (Lipinski definition) is 1. The molecule has 3 unspecified atom stereocenters. The Bertz CT molecular complexity index is 1340. The van der Waals surface area contributed by atoms with Crippen molar-refractivity contribution >= 4 is 39.0 Å². The number of carbonyl (C=O) groups is 1. The van der Waals surface area contributed by atoms with E-state index in [2.05, 4.69) is 5.32 Å². The van der Waals surface area contributed by atoms with Gasteiger partial charge in [0.2, 0.25) is 9.84 Å². The predicted molar refractivity (Wildman–Crippen MR) is 144 cm³/mol. The summed E-state index contributed by atoms with van der Waals surface area (Å²) in [5.74, 6) is -1.25. The first-order valence-electron chi connectivity index (χ1n) is 11.8. The molecule has 10 heteroatoms. The first-order chi connectivity index (χ1) is 17.4. The van der Waals surface area contributed by atoms with Crippen molar-refractivity contribution in [1.82, 2.24) is 5.32 Å². The molecule has 1 heterocycles. The molecular formula is C27H31Cl2NO6S. The van der Waals surface area contributed by atoms with E-state index in [9.17, 15) is 13.2 Å². The minimum Gasteiger partial charge on any atom is -0.466 e. The molecule has 200 valence electrons. The normalized spacial score (nSPS) is 17.8. The van der Waals surface area contributed by atoms with Crippen molar-refractivity contribution in [2.45, 2.75) is 64.2 Å². The van der Waals surface area contributed by atoms with Gasteiger partial charge in [-0.25, -0.2) is 13.2 Å². The van der Waals surface area contributed by atoms with Crippen LogP contribution in [-0.2, 0) is 24.1 Å². The maximum atomic E-state index is 14.0. The van der Waals surface area contributed by atoms with Crippen LogP contribution in [0.5, 0.6) is 5.75 Å². The third-order valence-electron chi connectivity index (χ3n) is 6.12. The molecule has 0 amide bonds. The molecule has 2 aromatic carbocycles. The van der Waals surface area contributed by atoms with Gasteiger partial charge in [0.15, 0.2) is 6.29 Å². The summed E-state index contributed by atoms with van der Waals surface area (Å²) < 4.78 is 44.6. The highest BCUT2D eigenvalue weighted by atomic mass is 35.5. The van der Waals surface area contributed by atoms with Gasteiger partial charge >= 0.3 is 5.97 Å². The molecule has 0 aliphatic carbocycles. The topological polar surface area (TPSA) is 90.9 Å². The number of dihydropyridines is 1. The molecule has 0 bridgehead atoms. The summed E-state index contributed by atoms with van der Waals surface area (Å²) in [6.07, 6.45) is 0.362.